The Kier molecular flexibility index (Phi) is 4.81. The van der Waals surface area contributed by atoms with E-state index in [0.717, 1.165) is 34.1 Å². The summed E-state index contributed by atoms with van der Waals surface area (Å²) in [6.07, 6.45) is 0.509. The van der Waals surface area contributed by atoms with Gasteiger partial charge in [0.05, 0.1) is 23.4 Å². The van der Waals surface area contributed by atoms with Crippen LogP contribution < -0.4 is 10.1 Å². The summed E-state index contributed by atoms with van der Waals surface area (Å²) in [7, 11) is 1.66. The molecule has 0 radical (unpaired) electrons. The molecule has 5 nitrogen and oxygen atoms in total. The number of thiazole rings is 1. The van der Waals surface area contributed by atoms with Gasteiger partial charge < -0.3 is 15.0 Å². The molecule has 2 aromatic carbocycles. The molecule has 0 saturated carbocycles. The zero-order valence-electron chi connectivity index (χ0n) is 15.3. The van der Waals surface area contributed by atoms with E-state index in [1.807, 2.05) is 65.7 Å². The summed E-state index contributed by atoms with van der Waals surface area (Å²) in [4.78, 5) is 19.7. The molecule has 6 heteroatoms. The molecule has 4 rings (SSSR count). The topological polar surface area (TPSA) is 54.5 Å². The van der Waals surface area contributed by atoms with Crippen molar-refractivity contribution in [3.05, 3.63) is 75.7 Å². The average molecular weight is 379 g/mol. The van der Waals surface area contributed by atoms with Crippen molar-refractivity contribution in [2.45, 2.75) is 19.5 Å². The quantitative estimate of drug-likeness (QED) is 0.719. The van der Waals surface area contributed by atoms with Crippen molar-refractivity contribution in [1.82, 2.24) is 9.88 Å². The number of nitrogens with one attached hydrogen (secondary N) is 1. The van der Waals surface area contributed by atoms with Gasteiger partial charge in [0.15, 0.2) is 0 Å². The van der Waals surface area contributed by atoms with Crippen LogP contribution in [0.5, 0.6) is 5.75 Å². The van der Waals surface area contributed by atoms with Crippen LogP contribution >= 0.6 is 11.3 Å². The SMILES string of the molecule is COc1ccc(CCN2C(=O)c3ccccc3N[C@@H]2c2csc(C)n2)cc1. The average Bonchev–Trinajstić information content (AvgIpc) is 3.14. The zero-order valence-corrected chi connectivity index (χ0v) is 16.1. The smallest absolute Gasteiger partial charge is 0.257 e. The van der Waals surface area contributed by atoms with Crippen molar-refractivity contribution in [1.29, 1.82) is 0 Å². The fourth-order valence-electron chi connectivity index (χ4n) is 3.30. The Bertz CT molecular complexity index is 952. The molecule has 1 N–H and O–H groups in total. The van der Waals surface area contributed by atoms with E-state index in [2.05, 4.69) is 10.3 Å². The lowest BCUT2D eigenvalue weighted by molar-refractivity contribution is 0.0682. The molecule has 1 amide bonds. The molecule has 2 heterocycles. The summed E-state index contributed by atoms with van der Waals surface area (Å²) in [5.74, 6) is 0.868. The molecule has 1 aromatic heterocycles. The van der Waals surface area contributed by atoms with E-state index in [9.17, 15) is 4.79 Å². The second kappa shape index (κ2) is 7.40. The summed E-state index contributed by atoms with van der Waals surface area (Å²) >= 11 is 1.60. The predicted octanol–water partition coefficient (Wildman–Crippen LogP) is 4.27. The van der Waals surface area contributed by atoms with Crippen molar-refractivity contribution in [3.63, 3.8) is 0 Å². The molecule has 0 fully saturated rings. The van der Waals surface area contributed by atoms with Gasteiger partial charge in [-0.3, -0.25) is 4.79 Å². The zero-order chi connectivity index (χ0) is 18.8. The minimum atomic E-state index is -0.254. The molecule has 1 aliphatic rings. The van der Waals surface area contributed by atoms with Crippen molar-refractivity contribution in [2.75, 3.05) is 19.0 Å². The van der Waals surface area contributed by atoms with Gasteiger partial charge in [-0.05, 0) is 43.2 Å². The van der Waals surface area contributed by atoms with E-state index >= 15 is 0 Å². The lowest BCUT2D eigenvalue weighted by Crippen LogP contribution is -2.44. The number of rotatable bonds is 5. The molecule has 138 valence electrons. The van der Waals surface area contributed by atoms with Gasteiger partial charge in [-0.1, -0.05) is 24.3 Å². The first-order chi connectivity index (χ1) is 13.2. The number of nitrogens with zero attached hydrogens (tertiary/aromatic N) is 2. The molecule has 27 heavy (non-hydrogen) atoms. The van der Waals surface area contributed by atoms with E-state index < -0.39 is 0 Å². The fourth-order valence-corrected chi connectivity index (χ4v) is 3.94. The number of amides is 1. The number of hydrogen-bond donors (Lipinski definition) is 1. The summed E-state index contributed by atoms with van der Waals surface area (Å²) in [5, 5.41) is 6.51. The van der Waals surface area contributed by atoms with E-state index in [4.69, 9.17) is 4.74 Å². The standard InChI is InChI=1S/C21H21N3O2S/c1-14-22-19(13-27-14)20-23-18-6-4-3-5-17(18)21(25)24(20)12-11-15-7-9-16(26-2)10-8-15/h3-10,13,20,23H,11-12H2,1-2H3/t20-/m0/s1. The van der Waals surface area contributed by atoms with Gasteiger partial charge in [-0.25, -0.2) is 4.98 Å². The Hall–Kier alpha value is -2.86. The number of benzene rings is 2. The van der Waals surface area contributed by atoms with Crippen LogP contribution in [0.3, 0.4) is 0 Å². The van der Waals surface area contributed by atoms with Crippen LogP contribution in [0.4, 0.5) is 5.69 Å². The number of para-hydroxylation sites is 1. The van der Waals surface area contributed by atoms with Crippen LogP contribution in [0.25, 0.3) is 0 Å². The minimum Gasteiger partial charge on any atom is -0.497 e. The Morgan fingerprint density at radius 1 is 1.19 bits per heavy atom. The first-order valence-corrected chi connectivity index (χ1v) is 9.75. The highest BCUT2D eigenvalue weighted by atomic mass is 32.1. The molecular formula is C21H21N3O2S. The summed E-state index contributed by atoms with van der Waals surface area (Å²) in [6.45, 7) is 2.59. The number of ether oxygens (including phenoxy) is 1. The third kappa shape index (κ3) is 3.53. The second-order valence-corrected chi connectivity index (χ2v) is 7.54. The maximum atomic E-state index is 13.2. The number of hydrogen-bond acceptors (Lipinski definition) is 5. The van der Waals surface area contributed by atoms with Gasteiger partial charge in [-0.2, -0.15) is 0 Å². The van der Waals surface area contributed by atoms with E-state index in [-0.39, 0.29) is 12.1 Å². The summed E-state index contributed by atoms with van der Waals surface area (Å²) in [6, 6.07) is 15.6. The third-order valence-electron chi connectivity index (χ3n) is 4.74. The Morgan fingerprint density at radius 3 is 2.67 bits per heavy atom. The van der Waals surface area contributed by atoms with E-state index in [0.29, 0.717) is 12.1 Å². The number of fused-ring (bicyclic) bond motifs is 1. The third-order valence-corrected chi connectivity index (χ3v) is 5.53. The molecule has 0 saturated heterocycles. The highest BCUT2D eigenvalue weighted by Crippen LogP contribution is 2.33. The Balaban J connectivity index is 1.61. The first kappa shape index (κ1) is 17.5. The number of carbonyl (C=O) groups is 1. The summed E-state index contributed by atoms with van der Waals surface area (Å²) in [5.41, 5.74) is 3.61. The normalized spacial score (nSPS) is 16.0. The van der Waals surface area contributed by atoms with Crippen molar-refractivity contribution < 1.29 is 9.53 Å². The van der Waals surface area contributed by atoms with Crippen LogP contribution in [-0.4, -0.2) is 29.4 Å². The molecule has 0 spiro atoms. The lowest BCUT2D eigenvalue weighted by Gasteiger charge is -2.37. The number of aromatic nitrogens is 1. The highest BCUT2D eigenvalue weighted by molar-refractivity contribution is 7.09. The van der Waals surface area contributed by atoms with Gasteiger partial charge >= 0.3 is 0 Å². The molecule has 0 bridgehead atoms. The first-order valence-electron chi connectivity index (χ1n) is 8.87. The maximum absolute atomic E-state index is 13.2. The predicted molar refractivity (Wildman–Crippen MR) is 107 cm³/mol. The maximum Gasteiger partial charge on any atom is 0.257 e. The molecule has 1 aliphatic heterocycles. The summed E-state index contributed by atoms with van der Waals surface area (Å²) < 4.78 is 5.22. The molecule has 1 atom stereocenters. The minimum absolute atomic E-state index is 0.0357. The van der Waals surface area contributed by atoms with Gasteiger partial charge in [0.1, 0.15) is 11.9 Å². The fraction of sp³-hybridized carbons (Fsp3) is 0.238. The molecule has 3 aromatic rings. The van der Waals surface area contributed by atoms with E-state index in [1.54, 1.807) is 18.4 Å². The van der Waals surface area contributed by atoms with Gasteiger partial charge in [-0.15, -0.1) is 11.3 Å². The van der Waals surface area contributed by atoms with Crippen molar-refractivity contribution in [2.24, 2.45) is 0 Å². The monoisotopic (exact) mass is 379 g/mol. The lowest BCUT2D eigenvalue weighted by atomic mass is 10.0. The van der Waals surface area contributed by atoms with Crippen LogP contribution in [0.2, 0.25) is 0 Å². The second-order valence-electron chi connectivity index (χ2n) is 6.48. The largest absolute Gasteiger partial charge is 0.497 e. The number of carbonyl (C=O) groups excluding carboxylic acids is 1. The van der Waals surface area contributed by atoms with Crippen molar-refractivity contribution in [3.8, 4) is 5.75 Å². The molecule has 0 aliphatic carbocycles. The molecule has 0 unspecified atom stereocenters. The number of methoxy groups -OCH3 is 1. The van der Waals surface area contributed by atoms with Gasteiger partial charge in [0.25, 0.3) is 5.91 Å². The highest BCUT2D eigenvalue weighted by Gasteiger charge is 2.33. The van der Waals surface area contributed by atoms with Gasteiger partial charge in [0, 0.05) is 17.6 Å². The number of aryl methyl sites for hydroxylation is 1. The van der Waals surface area contributed by atoms with Crippen LogP contribution in [0.1, 0.15) is 32.8 Å². The number of anilines is 1. The van der Waals surface area contributed by atoms with Crippen LogP contribution in [0, 0.1) is 6.92 Å². The van der Waals surface area contributed by atoms with Crippen LogP contribution in [-0.2, 0) is 6.42 Å². The Morgan fingerprint density at radius 2 is 1.96 bits per heavy atom. The molecular weight excluding hydrogens is 358 g/mol. The van der Waals surface area contributed by atoms with Crippen molar-refractivity contribution >= 4 is 22.9 Å². The van der Waals surface area contributed by atoms with Crippen LogP contribution in [0.15, 0.2) is 53.9 Å². The van der Waals surface area contributed by atoms with E-state index in [1.165, 1.54) is 0 Å². The van der Waals surface area contributed by atoms with Gasteiger partial charge in [0.2, 0.25) is 0 Å². The Labute approximate surface area is 162 Å².